The van der Waals surface area contributed by atoms with Gasteiger partial charge in [0, 0.05) is 43.9 Å². The van der Waals surface area contributed by atoms with Crippen LogP contribution in [0.25, 0.3) is 22.4 Å². The minimum absolute atomic E-state index is 0.0618. The summed E-state index contributed by atoms with van der Waals surface area (Å²) in [6.45, 7) is 2.44. The number of H-pyrrole nitrogens is 1. The molecule has 2 aromatic heterocycles. The molecule has 0 aliphatic carbocycles. The summed E-state index contributed by atoms with van der Waals surface area (Å²) in [5.41, 5.74) is 2.07. The molecule has 1 unspecified atom stereocenters. The van der Waals surface area contributed by atoms with E-state index in [1.165, 1.54) is 30.3 Å². The normalized spacial score (nSPS) is 15.7. The van der Waals surface area contributed by atoms with E-state index in [-0.39, 0.29) is 23.6 Å². The summed E-state index contributed by atoms with van der Waals surface area (Å²) in [4.78, 5) is 65.3. The van der Waals surface area contributed by atoms with Gasteiger partial charge in [-0.3, -0.25) is 14.4 Å². The highest BCUT2D eigenvalue weighted by molar-refractivity contribution is 6.05. The molecule has 0 radical (unpaired) electrons. The van der Waals surface area contributed by atoms with Crippen LogP contribution in [-0.4, -0.2) is 102 Å². The van der Waals surface area contributed by atoms with Crippen molar-refractivity contribution >= 4 is 35.8 Å². The van der Waals surface area contributed by atoms with Crippen LogP contribution in [0, 0.1) is 0 Å². The molecule has 3 N–H and O–H groups in total. The molecule has 14 nitrogen and oxygen atoms in total. The van der Waals surface area contributed by atoms with Crippen molar-refractivity contribution in [3.05, 3.63) is 90.5 Å². The van der Waals surface area contributed by atoms with Crippen LogP contribution in [0.2, 0.25) is 0 Å². The van der Waals surface area contributed by atoms with Gasteiger partial charge in [0.05, 0.1) is 30.9 Å². The number of piperazine rings is 1. The number of methoxy groups -OCH3 is 1. The fourth-order valence-electron chi connectivity index (χ4n) is 5.82. The van der Waals surface area contributed by atoms with E-state index in [1.807, 2.05) is 17.1 Å². The molecular weight excluding hydrogens is 685 g/mol. The smallest absolute Gasteiger partial charge is 0.453 e. The first-order valence-corrected chi connectivity index (χ1v) is 16.1. The fourth-order valence-corrected chi connectivity index (χ4v) is 5.82. The summed E-state index contributed by atoms with van der Waals surface area (Å²) in [6.07, 6.45) is 1.71. The first kappa shape index (κ1) is 35.4. The predicted molar refractivity (Wildman–Crippen MR) is 182 cm³/mol. The second kappa shape index (κ2) is 15.2. The Morgan fingerprint density at radius 2 is 1.73 bits per heavy atom. The molecule has 4 amide bonds. The van der Waals surface area contributed by atoms with Gasteiger partial charge in [-0.15, -0.1) is 13.2 Å². The number of hydrogen-bond acceptors (Lipinski definition) is 9. The van der Waals surface area contributed by atoms with Crippen molar-refractivity contribution in [3.63, 3.8) is 0 Å². The summed E-state index contributed by atoms with van der Waals surface area (Å²) in [5.74, 6) is -0.398. The van der Waals surface area contributed by atoms with Crippen LogP contribution in [-0.2, 0) is 14.3 Å². The van der Waals surface area contributed by atoms with Gasteiger partial charge in [0.2, 0.25) is 12.3 Å². The number of nitrogens with one attached hydrogen (secondary N) is 3. The monoisotopic (exact) mass is 718 g/mol. The molecule has 0 bridgehead atoms. The minimum atomic E-state index is -5.02. The lowest BCUT2D eigenvalue weighted by Gasteiger charge is -2.33. The Labute approximate surface area is 295 Å². The van der Waals surface area contributed by atoms with Gasteiger partial charge in [-0.05, 0) is 41.5 Å². The molecule has 270 valence electrons. The summed E-state index contributed by atoms with van der Waals surface area (Å²) in [5, 5.41) is 5.02. The number of nitrogens with zero attached hydrogens (tertiary/aromatic N) is 5. The van der Waals surface area contributed by atoms with Crippen molar-refractivity contribution in [1.29, 1.82) is 0 Å². The van der Waals surface area contributed by atoms with Gasteiger partial charge < -0.3 is 39.8 Å². The molecule has 1 atom stereocenters. The predicted octanol–water partition coefficient (Wildman–Crippen LogP) is 4.36. The quantitative estimate of drug-likeness (QED) is 0.160. The fraction of sp³-hybridized carbons (Fsp3) is 0.257. The summed E-state index contributed by atoms with van der Waals surface area (Å²) < 4.78 is 49.4. The van der Waals surface area contributed by atoms with Crippen LogP contribution in [0.15, 0.2) is 79.1 Å². The highest BCUT2D eigenvalue weighted by Gasteiger charge is 2.33. The van der Waals surface area contributed by atoms with Gasteiger partial charge in [0.25, 0.3) is 5.91 Å². The van der Waals surface area contributed by atoms with E-state index in [0.717, 1.165) is 12.5 Å². The maximum atomic E-state index is 13.5. The Bertz CT molecular complexity index is 1960. The number of anilines is 2. The molecule has 17 heteroatoms. The third kappa shape index (κ3) is 8.31. The Balaban J connectivity index is 1.14. The van der Waals surface area contributed by atoms with Crippen molar-refractivity contribution in [2.24, 2.45) is 0 Å². The number of alkyl carbamates (subject to hydrolysis) is 1. The number of hydrogen-bond donors (Lipinski definition) is 3. The first-order chi connectivity index (χ1) is 25.0. The average Bonchev–Trinajstić information content (AvgIpc) is 3.84. The van der Waals surface area contributed by atoms with Crippen LogP contribution in [0.4, 0.5) is 29.5 Å². The Morgan fingerprint density at radius 1 is 0.981 bits per heavy atom. The number of ether oxygens (including phenoxy) is 2. The third-order valence-electron chi connectivity index (χ3n) is 8.49. The van der Waals surface area contributed by atoms with Crippen LogP contribution in [0.5, 0.6) is 5.75 Å². The van der Waals surface area contributed by atoms with Crippen LogP contribution < -0.4 is 20.3 Å². The molecule has 1 saturated heterocycles. The summed E-state index contributed by atoms with van der Waals surface area (Å²) in [6, 6.07) is 13.3. The maximum Gasteiger partial charge on any atom is 0.573 e. The van der Waals surface area contributed by atoms with Crippen molar-refractivity contribution in [3.8, 4) is 28.1 Å². The standard InChI is InChI=1S/C35H33F3N8O6/c1-51-34(50)41-20-31(48)46-12-2-3-28(46)32-40-19-27(43-32)23-6-4-22(5-7-23)26-10-8-24(17-29(26)52-35(36,37)38)33(49)42-25-9-11-30(39-18-25)45-15-13-44(21-47)14-16-45/h2-11,17-19,21,28H,12-16,20H2,1H3,(H,40,43)(H,41,50)(H,42,49). The number of rotatable bonds is 10. The highest BCUT2D eigenvalue weighted by Crippen LogP contribution is 2.36. The van der Waals surface area contributed by atoms with Crippen LogP contribution in [0.3, 0.4) is 0 Å². The van der Waals surface area contributed by atoms with E-state index in [2.05, 4.69) is 35.1 Å². The minimum Gasteiger partial charge on any atom is -0.453 e. The number of carbonyl (C=O) groups is 4. The zero-order valence-electron chi connectivity index (χ0n) is 27.7. The number of aromatic nitrogens is 3. The Hall–Kier alpha value is -6.39. The highest BCUT2D eigenvalue weighted by atomic mass is 19.4. The Morgan fingerprint density at radius 3 is 2.40 bits per heavy atom. The molecule has 4 heterocycles. The van der Waals surface area contributed by atoms with Crippen molar-refractivity contribution in [2.75, 3.05) is 56.6 Å². The molecule has 2 aliphatic heterocycles. The molecule has 52 heavy (non-hydrogen) atoms. The third-order valence-corrected chi connectivity index (χ3v) is 8.49. The number of halogens is 3. The zero-order valence-corrected chi connectivity index (χ0v) is 27.7. The van der Waals surface area contributed by atoms with E-state index < -0.39 is 30.2 Å². The number of imidazole rings is 1. The van der Waals surface area contributed by atoms with Crippen molar-refractivity contribution < 1.29 is 41.8 Å². The molecule has 1 fully saturated rings. The lowest BCUT2D eigenvalue weighted by Crippen LogP contribution is -2.46. The van der Waals surface area contributed by atoms with E-state index in [0.29, 0.717) is 66.9 Å². The summed E-state index contributed by atoms with van der Waals surface area (Å²) in [7, 11) is 1.20. The SMILES string of the molecule is COC(=O)NCC(=O)N1CC=CC1c1ncc(-c2ccc(-c3ccc(C(=O)Nc4ccc(N5CCN(C=O)CC5)nc4)cc3OC(F)(F)F)cc2)[nH]1. The zero-order chi connectivity index (χ0) is 36.8. The molecular formula is C35H33F3N8O6. The number of carbonyl (C=O) groups excluding carboxylic acids is 4. The first-order valence-electron chi connectivity index (χ1n) is 16.1. The molecule has 0 spiro atoms. The molecule has 2 aliphatic rings. The van der Waals surface area contributed by atoms with E-state index in [4.69, 9.17) is 0 Å². The van der Waals surface area contributed by atoms with Crippen LogP contribution in [0.1, 0.15) is 22.2 Å². The molecule has 4 aromatic rings. The van der Waals surface area contributed by atoms with Crippen molar-refractivity contribution in [1.82, 2.24) is 30.1 Å². The van der Waals surface area contributed by atoms with Gasteiger partial charge in [-0.25, -0.2) is 14.8 Å². The van der Waals surface area contributed by atoms with Gasteiger partial charge in [-0.1, -0.05) is 36.4 Å². The largest absolute Gasteiger partial charge is 0.573 e. The molecule has 0 saturated carbocycles. The van der Waals surface area contributed by atoms with Gasteiger partial charge in [0.1, 0.15) is 30.0 Å². The van der Waals surface area contributed by atoms with E-state index >= 15 is 0 Å². The van der Waals surface area contributed by atoms with E-state index in [9.17, 15) is 32.3 Å². The second-order valence-corrected chi connectivity index (χ2v) is 11.8. The number of alkyl halides is 3. The Kier molecular flexibility index (Phi) is 10.4. The number of amides is 4. The van der Waals surface area contributed by atoms with Gasteiger partial charge in [0.15, 0.2) is 0 Å². The lowest BCUT2D eigenvalue weighted by molar-refractivity contribution is -0.274. The lowest BCUT2D eigenvalue weighted by atomic mass is 10.00. The van der Waals surface area contributed by atoms with Crippen LogP contribution >= 0.6 is 0 Å². The number of pyridine rings is 1. The number of benzene rings is 2. The maximum absolute atomic E-state index is 13.5. The van der Waals surface area contributed by atoms with Gasteiger partial charge >= 0.3 is 12.5 Å². The second-order valence-electron chi connectivity index (χ2n) is 11.8. The van der Waals surface area contributed by atoms with E-state index in [1.54, 1.807) is 47.5 Å². The average molecular weight is 719 g/mol. The number of aromatic amines is 1. The summed E-state index contributed by atoms with van der Waals surface area (Å²) >= 11 is 0. The molecule has 2 aromatic carbocycles. The van der Waals surface area contributed by atoms with Gasteiger partial charge in [-0.2, -0.15) is 0 Å². The van der Waals surface area contributed by atoms with Crippen molar-refractivity contribution in [2.45, 2.75) is 12.4 Å². The molecule has 6 rings (SSSR count). The topological polar surface area (TPSA) is 162 Å².